The van der Waals surface area contributed by atoms with Crippen molar-refractivity contribution in [3.05, 3.63) is 52.3 Å². The van der Waals surface area contributed by atoms with Crippen LogP contribution in [0, 0.1) is 5.41 Å². The molecule has 0 unspecified atom stereocenters. The van der Waals surface area contributed by atoms with Crippen LogP contribution < -0.4 is 10.2 Å². The number of alkyl halides is 2. The van der Waals surface area contributed by atoms with Gasteiger partial charge in [0.15, 0.2) is 5.82 Å². The van der Waals surface area contributed by atoms with E-state index < -0.39 is 5.92 Å². The first-order chi connectivity index (χ1) is 15.3. The van der Waals surface area contributed by atoms with Gasteiger partial charge in [-0.15, -0.1) is 0 Å². The fourth-order valence-corrected chi connectivity index (χ4v) is 4.98. The first kappa shape index (κ1) is 21.5. The molecule has 1 spiro atoms. The highest BCUT2D eigenvalue weighted by molar-refractivity contribution is 9.10. The van der Waals surface area contributed by atoms with Gasteiger partial charge in [-0.2, -0.15) is 0 Å². The molecule has 1 aromatic heterocycles. The summed E-state index contributed by atoms with van der Waals surface area (Å²) in [6.45, 7) is 0.428. The molecule has 32 heavy (non-hydrogen) atoms. The summed E-state index contributed by atoms with van der Waals surface area (Å²) >= 11 is 3.54. The smallest absolute Gasteiger partial charge is 0.257 e. The Morgan fingerprint density at radius 2 is 1.88 bits per heavy atom. The SMILES string of the molecule is O=C(Nc1cncc(N2CCC(F)(F)CC2)n1)c1ccc(Br)cc1C1=CCC2(CC1)CC2. The quantitative estimate of drug-likeness (QED) is 0.550. The van der Waals surface area contributed by atoms with Crippen molar-refractivity contribution < 1.29 is 13.6 Å². The van der Waals surface area contributed by atoms with Gasteiger partial charge in [0.25, 0.3) is 11.8 Å². The standard InChI is InChI=1S/C24H25BrF2N4O/c25-17-1-2-18(19(13-17)16-3-5-23(6-4-16)7-8-23)22(32)30-20-14-28-15-21(29-20)31-11-9-24(26,27)10-12-31/h1-3,13-15H,4-12H2,(H,29,30,32). The lowest BCUT2D eigenvalue weighted by Crippen LogP contribution is -2.39. The molecule has 2 aromatic rings. The third-order valence-electron chi connectivity index (χ3n) is 6.92. The summed E-state index contributed by atoms with van der Waals surface area (Å²) in [5.41, 5.74) is 3.26. The van der Waals surface area contributed by atoms with E-state index >= 15 is 0 Å². The number of carbonyl (C=O) groups is 1. The van der Waals surface area contributed by atoms with Crippen molar-refractivity contribution in [2.24, 2.45) is 5.41 Å². The summed E-state index contributed by atoms with van der Waals surface area (Å²) in [5, 5.41) is 2.85. The highest BCUT2D eigenvalue weighted by Crippen LogP contribution is 2.56. The van der Waals surface area contributed by atoms with Crippen LogP contribution in [0.2, 0.25) is 0 Å². The molecule has 2 aliphatic carbocycles. The van der Waals surface area contributed by atoms with E-state index in [9.17, 15) is 13.6 Å². The molecule has 1 N–H and O–H groups in total. The van der Waals surface area contributed by atoms with Gasteiger partial charge in [-0.05, 0) is 66.9 Å². The van der Waals surface area contributed by atoms with Crippen LogP contribution in [0.1, 0.15) is 60.9 Å². The molecule has 1 saturated heterocycles. The van der Waals surface area contributed by atoms with Crippen molar-refractivity contribution in [3.8, 4) is 0 Å². The number of anilines is 2. The summed E-state index contributed by atoms with van der Waals surface area (Å²) in [4.78, 5) is 23.6. The number of amides is 1. The van der Waals surface area contributed by atoms with E-state index in [0.29, 0.717) is 22.6 Å². The number of aromatic nitrogens is 2. The lowest BCUT2D eigenvalue weighted by Gasteiger charge is -2.32. The largest absolute Gasteiger partial charge is 0.355 e. The Hall–Kier alpha value is -2.35. The molecule has 5 rings (SSSR count). The zero-order chi connectivity index (χ0) is 22.3. The monoisotopic (exact) mass is 502 g/mol. The highest BCUT2D eigenvalue weighted by Gasteiger charge is 2.43. The van der Waals surface area contributed by atoms with E-state index in [1.807, 2.05) is 18.2 Å². The molecule has 168 valence electrons. The van der Waals surface area contributed by atoms with Crippen LogP contribution in [0.15, 0.2) is 41.1 Å². The van der Waals surface area contributed by atoms with Crippen molar-refractivity contribution in [2.45, 2.75) is 50.9 Å². The molecule has 1 aromatic carbocycles. The van der Waals surface area contributed by atoms with Gasteiger partial charge in [-0.25, -0.2) is 13.8 Å². The Labute approximate surface area is 194 Å². The minimum absolute atomic E-state index is 0.204. The van der Waals surface area contributed by atoms with Crippen LogP contribution in [0.4, 0.5) is 20.4 Å². The highest BCUT2D eigenvalue weighted by atomic mass is 79.9. The molecule has 1 aliphatic heterocycles. The molecule has 0 radical (unpaired) electrons. The second kappa shape index (κ2) is 8.21. The van der Waals surface area contributed by atoms with Crippen molar-refractivity contribution in [1.82, 2.24) is 9.97 Å². The van der Waals surface area contributed by atoms with Gasteiger partial charge in [0.2, 0.25) is 0 Å². The first-order valence-corrected chi connectivity index (χ1v) is 11.9. The number of hydrogen-bond donors (Lipinski definition) is 1. The molecular weight excluding hydrogens is 478 g/mol. The zero-order valence-corrected chi connectivity index (χ0v) is 19.3. The van der Waals surface area contributed by atoms with E-state index in [2.05, 4.69) is 37.3 Å². The molecule has 1 amide bonds. The van der Waals surface area contributed by atoms with E-state index in [4.69, 9.17) is 0 Å². The van der Waals surface area contributed by atoms with E-state index in [1.165, 1.54) is 31.0 Å². The lowest BCUT2D eigenvalue weighted by atomic mass is 9.83. The third kappa shape index (κ3) is 4.56. The summed E-state index contributed by atoms with van der Waals surface area (Å²) in [6, 6.07) is 5.68. The van der Waals surface area contributed by atoms with Crippen molar-refractivity contribution in [1.29, 1.82) is 0 Å². The molecule has 5 nitrogen and oxygen atoms in total. The van der Waals surface area contributed by atoms with Crippen LogP contribution >= 0.6 is 15.9 Å². The van der Waals surface area contributed by atoms with E-state index in [-0.39, 0.29) is 31.8 Å². The van der Waals surface area contributed by atoms with E-state index in [1.54, 1.807) is 11.1 Å². The maximum atomic E-state index is 13.5. The van der Waals surface area contributed by atoms with Gasteiger partial charge >= 0.3 is 0 Å². The number of benzene rings is 1. The minimum atomic E-state index is -2.62. The van der Waals surface area contributed by atoms with Crippen molar-refractivity contribution >= 4 is 39.0 Å². The normalized spacial score (nSPS) is 21.2. The number of piperidine rings is 1. The van der Waals surface area contributed by atoms with E-state index in [0.717, 1.165) is 22.9 Å². The molecule has 1 saturated carbocycles. The second-order valence-electron chi connectivity index (χ2n) is 9.18. The van der Waals surface area contributed by atoms with Gasteiger partial charge in [-0.3, -0.25) is 9.78 Å². The maximum absolute atomic E-state index is 13.5. The Bertz CT molecular complexity index is 1070. The number of carbonyl (C=O) groups excluding carboxylic acids is 1. The minimum Gasteiger partial charge on any atom is -0.355 e. The molecule has 2 fully saturated rings. The van der Waals surface area contributed by atoms with Crippen LogP contribution in [0.25, 0.3) is 5.57 Å². The summed E-state index contributed by atoms with van der Waals surface area (Å²) in [5.74, 6) is -2.07. The number of halogens is 3. The predicted molar refractivity (Wildman–Crippen MR) is 124 cm³/mol. The van der Waals surface area contributed by atoms with Crippen LogP contribution in [0.3, 0.4) is 0 Å². The van der Waals surface area contributed by atoms with Gasteiger partial charge in [0, 0.05) is 36.0 Å². The van der Waals surface area contributed by atoms with Crippen LogP contribution in [-0.2, 0) is 0 Å². The molecule has 3 aliphatic rings. The number of hydrogen-bond acceptors (Lipinski definition) is 4. The molecule has 0 atom stereocenters. The Morgan fingerprint density at radius 1 is 1.09 bits per heavy atom. The molecule has 8 heteroatoms. The van der Waals surface area contributed by atoms with Gasteiger partial charge < -0.3 is 10.2 Å². The zero-order valence-electron chi connectivity index (χ0n) is 17.7. The fourth-order valence-electron chi connectivity index (χ4n) is 4.61. The van der Waals surface area contributed by atoms with Gasteiger partial charge in [0.05, 0.1) is 12.4 Å². The van der Waals surface area contributed by atoms with Crippen LogP contribution in [-0.4, -0.2) is 34.9 Å². The topological polar surface area (TPSA) is 58.1 Å². The van der Waals surface area contributed by atoms with Crippen molar-refractivity contribution in [2.75, 3.05) is 23.3 Å². The third-order valence-corrected chi connectivity index (χ3v) is 7.41. The number of nitrogens with one attached hydrogen (secondary N) is 1. The van der Waals surface area contributed by atoms with Crippen LogP contribution in [0.5, 0.6) is 0 Å². The van der Waals surface area contributed by atoms with Gasteiger partial charge in [-0.1, -0.05) is 22.0 Å². The average molecular weight is 503 g/mol. The van der Waals surface area contributed by atoms with Crippen molar-refractivity contribution in [3.63, 3.8) is 0 Å². The fraction of sp³-hybridized carbons (Fsp3) is 0.458. The predicted octanol–water partition coefficient (Wildman–Crippen LogP) is 6.07. The lowest BCUT2D eigenvalue weighted by molar-refractivity contribution is -0.0221. The average Bonchev–Trinajstić information content (AvgIpc) is 3.53. The summed E-state index contributed by atoms with van der Waals surface area (Å²) in [7, 11) is 0. The summed E-state index contributed by atoms with van der Waals surface area (Å²) in [6.07, 6.45) is 10.8. The Kier molecular flexibility index (Phi) is 5.51. The first-order valence-electron chi connectivity index (χ1n) is 11.1. The Balaban J connectivity index is 1.34. The number of nitrogens with zero attached hydrogens (tertiary/aromatic N) is 3. The molecular formula is C24H25BrF2N4O. The number of rotatable bonds is 4. The number of allylic oxidation sites excluding steroid dienone is 2. The summed E-state index contributed by atoms with van der Waals surface area (Å²) < 4.78 is 27.9. The molecule has 0 bridgehead atoms. The Morgan fingerprint density at radius 3 is 2.56 bits per heavy atom. The second-order valence-corrected chi connectivity index (χ2v) is 10.1. The van der Waals surface area contributed by atoms with Gasteiger partial charge in [0.1, 0.15) is 5.82 Å². The molecule has 2 heterocycles. The maximum Gasteiger partial charge on any atom is 0.257 e.